The molecule has 16 rings (SSSR count). The van der Waals surface area contributed by atoms with Crippen LogP contribution in [0.25, 0.3) is 11.1 Å². The first-order valence-corrected chi connectivity index (χ1v) is 47.3. The summed E-state index contributed by atoms with van der Waals surface area (Å²) in [6.45, 7) is 40.2. The van der Waals surface area contributed by atoms with E-state index in [4.69, 9.17) is 121 Å². The molecule has 12 heterocycles. The average molecular weight is 2710 g/mol. The van der Waals surface area contributed by atoms with Crippen molar-refractivity contribution in [2.24, 2.45) is 59.9 Å². The fourth-order valence-electron chi connectivity index (χ4n) is 14.1. The van der Waals surface area contributed by atoms with Crippen LogP contribution in [0.15, 0.2) is 254 Å². The maximum atomic E-state index is 5.91. The Hall–Kier alpha value is -7.00. The van der Waals surface area contributed by atoms with Gasteiger partial charge in [-0.25, -0.2) is 49.9 Å². The molecule has 0 unspecified atom stereocenters. The summed E-state index contributed by atoms with van der Waals surface area (Å²) in [4.78, 5) is 84.4. The minimum Gasteiger partial charge on any atom is -0.489 e. The standard InChI is InChI=1S/C30H40N6O4.C25H25N3O3.C23H21N3O2.2C15H21N3O2.5CH4.4Gd.2Mn/c1-21-27-17-25(18-28(35-27)22(2)32-6-10-38-14-13-37-9-5-31-21)26-19-29-23(3)33-7-11-39-15-16-40-12-8-34-24(4)30(20-26)36-29;1-18-20-10-7-11-21(28-20)19(2)27-23-9-4-6-13-25(23)31-17-15-29-14-16-30-24-12-5-3-8-22(24)26-18;1-16-18-10-7-11-19(26-18)17(2)25-21-9-4-6-13-23(21)28-15-14-27-22-12-5-3-8-20(22)24-16;2*1-12-14-4-3-5-15(18-14)13(2)17-7-9-20-11-10-19-8-6-16-12;;;;;;;;;;;/h17-20H,5-16H2,1-4H3;3-13H,14-17H2,1-2H3;3-13H,14-15H2,1-2H3;2*3-5H,6-11H2,1-2H3;5*1H4;;;;;;/q;;;;;;;;;;4*+3;2*+2. The molecule has 0 saturated heterocycles. The number of pyridine rings is 6. The summed E-state index contributed by atoms with van der Waals surface area (Å²) in [5.74, 6) is 2.87. The molecule has 798 valence electrons. The second kappa shape index (κ2) is 79.9. The van der Waals surface area contributed by atoms with Gasteiger partial charge in [0.1, 0.15) is 72.2 Å². The molecular formula is C113H148Gd4Mn2N18O13+16. The molecule has 0 fully saturated rings. The Morgan fingerprint density at radius 3 is 0.507 bits per heavy atom. The monoisotopic (exact) mass is 2710 g/mol. The van der Waals surface area contributed by atoms with Crippen molar-refractivity contribution in [3.05, 3.63) is 262 Å². The maximum absolute atomic E-state index is 5.91. The number of nitrogens with zero attached hydrogens (tertiary/aromatic N) is 18. The summed E-state index contributed by atoms with van der Waals surface area (Å²) in [7, 11) is 0. The van der Waals surface area contributed by atoms with Crippen LogP contribution in [0.2, 0.25) is 0 Å². The summed E-state index contributed by atoms with van der Waals surface area (Å²) in [6, 6.07) is 62.8. The summed E-state index contributed by atoms with van der Waals surface area (Å²) in [6.07, 6.45) is 0. The Kier molecular flexibility index (Phi) is 75.1. The molecule has 0 spiro atoms. The minimum atomic E-state index is 0. The van der Waals surface area contributed by atoms with E-state index in [9.17, 15) is 0 Å². The van der Waals surface area contributed by atoms with Gasteiger partial charge in [0.2, 0.25) is 0 Å². The van der Waals surface area contributed by atoms with Crippen molar-refractivity contribution in [1.29, 1.82) is 0 Å². The van der Waals surface area contributed by atoms with Crippen LogP contribution >= 0.6 is 0 Å². The number of benzene rings is 4. The fourth-order valence-corrected chi connectivity index (χ4v) is 14.1. The topological polar surface area (TPSA) is 346 Å². The summed E-state index contributed by atoms with van der Waals surface area (Å²) < 4.78 is 73.6. The normalized spacial score (nSPS) is 15.7. The molecule has 0 saturated carbocycles. The zero-order valence-electron chi connectivity index (χ0n) is 84.2. The van der Waals surface area contributed by atoms with E-state index in [0.717, 1.165) is 182 Å². The van der Waals surface area contributed by atoms with E-state index in [1.165, 1.54) is 0 Å². The van der Waals surface area contributed by atoms with E-state index in [2.05, 4.69) is 54.2 Å². The number of fused-ring (bicyclic) bond motifs is 16. The Morgan fingerprint density at radius 2 is 0.313 bits per heavy atom. The number of aliphatic imine (C=N–C) groups is 12. The third-order valence-corrected chi connectivity index (χ3v) is 21.8. The molecule has 0 aliphatic carbocycles. The zero-order valence-corrected chi connectivity index (χ0v) is 95.7. The van der Waals surface area contributed by atoms with Crippen LogP contribution in [0.5, 0.6) is 23.0 Å². The second-order valence-electron chi connectivity index (χ2n) is 32.2. The molecule has 0 N–H and O–H groups in total. The van der Waals surface area contributed by atoms with Crippen molar-refractivity contribution < 1.29 is 255 Å². The number of ether oxygens (including phenoxy) is 13. The first-order valence-electron chi connectivity index (χ1n) is 47.3. The second-order valence-corrected chi connectivity index (χ2v) is 32.2. The first-order chi connectivity index (χ1) is 68.0. The van der Waals surface area contributed by atoms with Crippen LogP contribution in [0, 0.1) is 160 Å². The van der Waals surface area contributed by atoms with E-state index in [-0.39, 0.29) is 231 Å². The van der Waals surface area contributed by atoms with Crippen molar-refractivity contribution in [2.75, 3.05) is 198 Å². The molecule has 150 heavy (non-hydrogen) atoms. The van der Waals surface area contributed by atoms with E-state index >= 15 is 0 Å². The maximum Gasteiger partial charge on any atom is 3.00 e. The van der Waals surface area contributed by atoms with Crippen LogP contribution in [0.1, 0.15) is 189 Å². The van der Waals surface area contributed by atoms with Gasteiger partial charge in [0, 0.05) is 0 Å². The number of para-hydroxylation sites is 8. The van der Waals surface area contributed by atoms with Crippen LogP contribution in [-0.4, -0.2) is 296 Å². The predicted molar refractivity (Wildman–Crippen MR) is 587 cm³/mol. The molecule has 6 aliphatic heterocycles. The van der Waals surface area contributed by atoms with Crippen LogP contribution in [-0.2, 0) is 76.8 Å². The smallest absolute Gasteiger partial charge is 0.489 e. The Bertz CT molecular complexity index is 5580. The van der Waals surface area contributed by atoms with E-state index in [1.807, 2.05) is 253 Å². The number of rotatable bonds is 1. The van der Waals surface area contributed by atoms with Gasteiger partial charge >= 0.3 is 194 Å². The molecule has 31 nitrogen and oxygen atoms in total. The van der Waals surface area contributed by atoms with Crippen LogP contribution in [0.3, 0.4) is 0 Å². The predicted octanol–water partition coefficient (Wildman–Crippen LogP) is 20.4. The van der Waals surface area contributed by atoms with E-state index in [0.29, 0.717) is 209 Å². The Labute approximate surface area is 1040 Å². The summed E-state index contributed by atoms with van der Waals surface area (Å²) in [5.41, 5.74) is 25.3. The van der Waals surface area contributed by atoms with Gasteiger partial charge in [0.25, 0.3) is 0 Å². The Morgan fingerprint density at radius 1 is 0.167 bits per heavy atom. The van der Waals surface area contributed by atoms with Crippen molar-refractivity contribution in [2.45, 2.75) is 120 Å². The van der Waals surface area contributed by atoms with Crippen LogP contribution in [0.4, 0.5) is 22.7 Å². The molecule has 0 amide bonds. The van der Waals surface area contributed by atoms with Gasteiger partial charge in [-0.05, 0) is 216 Å². The fraction of sp³-hybridized carbons (Fsp3) is 0.416. The zero-order chi connectivity index (χ0) is 97.4. The van der Waals surface area contributed by atoms with Gasteiger partial charge in [-0.1, -0.05) is 110 Å². The molecule has 10 aromatic rings. The van der Waals surface area contributed by atoms with E-state index in [1.54, 1.807) is 0 Å². The molecule has 4 aromatic carbocycles. The number of aromatic nitrogens is 6. The molecular weight excluding hydrogens is 2560 g/mol. The number of hydrogen-bond acceptors (Lipinski definition) is 31. The third kappa shape index (κ3) is 48.8. The van der Waals surface area contributed by atoms with Gasteiger partial charge in [0.05, 0.1) is 308 Å². The van der Waals surface area contributed by atoms with Gasteiger partial charge in [-0.3, -0.25) is 39.9 Å². The molecule has 0 atom stereocenters. The van der Waals surface area contributed by atoms with Gasteiger partial charge in [-0.15, -0.1) is 0 Å². The number of hydrogen-bond donors (Lipinski definition) is 0. The summed E-state index contributed by atoms with van der Waals surface area (Å²) in [5, 5.41) is 0. The van der Waals surface area contributed by atoms with Gasteiger partial charge < -0.3 is 61.6 Å². The first kappa shape index (κ1) is 141. The van der Waals surface area contributed by atoms with Crippen molar-refractivity contribution in [3.63, 3.8) is 0 Å². The molecule has 37 heteroatoms. The quantitative estimate of drug-likeness (QED) is 0.138. The van der Waals surface area contributed by atoms with E-state index < -0.39 is 0 Å². The van der Waals surface area contributed by atoms with Crippen LogP contribution < -0.4 is 18.9 Å². The molecule has 6 aliphatic rings. The minimum absolute atomic E-state index is 0. The SMILES string of the molecule is C.C.C.C.C.CC1=NCCOCCOCCN=C(C)c2cc(-c3cc4nc(c3)C(C)=NCCOCCOCCN=C4C)cc1n2.CC1=NCCOCCOCCN=C(C)c2cccc1n2.CC1=NCCOCCOCCN=C(C)c2cccc1n2.CC1=Nc2ccccc2OCCOCCOc2ccccc2N=C(C)c2cccc1n2.CC1=Nc2ccccc2OCCOc2ccccc2N=C(C)c2cccc1n2.[Gd+3].[Gd+3].[Gd+3].[Gd+3].[Mn+2].[Mn+2]. The van der Waals surface area contributed by atoms with Gasteiger partial charge in [-0.2, -0.15) is 0 Å². The van der Waals surface area contributed by atoms with Crippen molar-refractivity contribution in [3.8, 4) is 34.1 Å². The van der Waals surface area contributed by atoms with Crippen molar-refractivity contribution in [1.82, 2.24) is 29.9 Å². The molecule has 6 radical (unpaired) electrons. The van der Waals surface area contributed by atoms with Gasteiger partial charge in [0.15, 0.2) is 0 Å². The molecule has 12 bridgehead atoms. The Balaban J connectivity index is 0.000000940. The molecule has 6 aromatic heterocycles. The van der Waals surface area contributed by atoms with Crippen molar-refractivity contribution >= 4 is 91.3 Å². The summed E-state index contributed by atoms with van der Waals surface area (Å²) >= 11 is 0. The third-order valence-electron chi connectivity index (χ3n) is 21.8. The average Bonchev–Trinajstić information content (AvgIpc) is 0.816. The largest absolute Gasteiger partial charge is 3.00 e.